The van der Waals surface area contributed by atoms with Crippen molar-refractivity contribution in [2.75, 3.05) is 35.0 Å². The van der Waals surface area contributed by atoms with E-state index in [1.807, 2.05) is 91.0 Å². The molecule has 12 heteroatoms. The molecule has 1 saturated heterocycles. The van der Waals surface area contributed by atoms with Gasteiger partial charge < -0.3 is 47.4 Å². The predicted molar refractivity (Wildman–Crippen MR) is 253 cm³/mol. The van der Waals surface area contributed by atoms with Crippen molar-refractivity contribution in [3.05, 3.63) is 125 Å². The van der Waals surface area contributed by atoms with Gasteiger partial charge in [0.05, 0.1) is 66.5 Å². The number of hydrogen-bond donors (Lipinski definition) is 0. The number of carbonyl (C=O) groups is 2. The maximum absolute atomic E-state index is 14.1. The number of hydrogen-bond acceptors (Lipinski definition) is 12. The molecule has 0 bridgehead atoms. The monoisotopic (exact) mass is 913 g/mol. The second kappa shape index (κ2) is 29.6. The van der Waals surface area contributed by atoms with E-state index < -0.39 is 36.7 Å². The van der Waals surface area contributed by atoms with E-state index in [1.54, 1.807) is 33.5 Å². The highest BCUT2D eigenvalue weighted by Crippen LogP contribution is 2.34. The summed E-state index contributed by atoms with van der Waals surface area (Å²) in [6.45, 7) is 3.05. The summed E-state index contributed by atoms with van der Waals surface area (Å²) in [7, 11) is 6.34. The normalized spacial score (nSPS) is 18.6. The molecule has 1 aliphatic heterocycles. The molecule has 4 aromatic carbocycles. The fourth-order valence-electron chi connectivity index (χ4n) is 7.97. The SMILES string of the molecule is CCCCC[C@@H](CCCCCCCCCC(=O)OC)O[C@@H]1O[C@H](COCc2ccc(OC)cc2)[C@@H](OCc2ccc(OC)cc2)[C@H](OCc2ccc(OC)cc2)[C@H]1OC(=O)c1ccccc1. The molecule has 360 valence electrons. The summed E-state index contributed by atoms with van der Waals surface area (Å²) in [5, 5.41) is 0. The summed E-state index contributed by atoms with van der Waals surface area (Å²) in [6, 6.07) is 32.1. The lowest BCUT2D eigenvalue weighted by atomic mass is 9.97. The summed E-state index contributed by atoms with van der Waals surface area (Å²) < 4.78 is 61.8. The number of methoxy groups -OCH3 is 4. The Hall–Kier alpha value is -4.98. The molecular weight excluding hydrogens is 841 g/mol. The van der Waals surface area contributed by atoms with Gasteiger partial charge in [-0.3, -0.25) is 4.79 Å². The third-order valence-corrected chi connectivity index (χ3v) is 11.8. The van der Waals surface area contributed by atoms with Crippen LogP contribution in [0.3, 0.4) is 0 Å². The molecule has 1 fully saturated rings. The maximum Gasteiger partial charge on any atom is 0.338 e. The van der Waals surface area contributed by atoms with Gasteiger partial charge in [0.1, 0.15) is 35.6 Å². The Morgan fingerprint density at radius 1 is 0.561 bits per heavy atom. The minimum atomic E-state index is -1.02. The standard InChI is InChI=1S/C54H72O12/c1-6-7-14-21-47(22-17-11-9-8-10-12-18-23-49(55)60-5)64-54-52(66-53(56)43-19-15-13-16-20-43)51(63-38-42-28-34-46(59-4)35-29-42)50(62-37-41-26-32-45(58-3)33-27-41)48(65-54)39-61-36-40-24-30-44(57-2)31-25-40/h13,15-16,19-20,24-35,47-48,50-52,54H,6-12,14,17-18,21-23,36-39H2,1-5H3/t47-,48+,50+,51-,52+,54+/m0/s1. The molecule has 1 aliphatic rings. The number of carbonyl (C=O) groups excluding carboxylic acids is 2. The Morgan fingerprint density at radius 3 is 1.59 bits per heavy atom. The molecule has 0 N–H and O–H groups in total. The number of esters is 2. The van der Waals surface area contributed by atoms with Crippen molar-refractivity contribution < 1.29 is 57.0 Å². The zero-order valence-corrected chi connectivity index (χ0v) is 39.7. The molecule has 6 atom stereocenters. The highest BCUT2D eigenvalue weighted by molar-refractivity contribution is 5.89. The maximum atomic E-state index is 14.1. The second-order valence-corrected chi connectivity index (χ2v) is 16.7. The number of benzene rings is 4. The third-order valence-electron chi connectivity index (χ3n) is 11.8. The minimum absolute atomic E-state index is 0.140. The molecule has 66 heavy (non-hydrogen) atoms. The Balaban J connectivity index is 1.44. The lowest BCUT2D eigenvalue weighted by Crippen LogP contribution is -2.62. The third kappa shape index (κ3) is 17.7. The van der Waals surface area contributed by atoms with Crippen LogP contribution in [0.5, 0.6) is 17.2 Å². The zero-order valence-electron chi connectivity index (χ0n) is 39.7. The van der Waals surface area contributed by atoms with Crippen LogP contribution in [0.1, 0.15) is 117 Å². The number of unbranched alkanes of at least 4 members (excludes halogenated alkanes) is 8. The van der Waals surface area contributed by atoms with Gasteiger partial charge >= 0.3 is 11.9 Å². The van der Waals surface area contributed by atoms with Gasteiger partial charge in [-0.05, 0) is 84.5 Å². The van der Waals surface area contributed by atoms with Gasteiger partial charge in [0.25, 0.3) is 0 Å². The molecule has 0 unspecified atom stereocenters. The molecule has 12 nitrogen and oxygen atoms in total. The van der Waals surface area contributed by atoms with Crippen molar-refractivity contribution in [1.82, 2.24) is 0 Å². The smallest absolute Gasteiger partial charge is 0.338 e. The minimum Gasteiger partial charge on any atom is -0.497 e. The largest absolute Gasteiger partial charge is 0.497 e. The van der Waals surface area contributed by atoms with E-state index in [-0.39, 0.29) is 31.9 Å². The average Bonchev–Trinajstić information content (AvgIpc) is 3.36. The highest BCUT2D eigenvalue weighted by atomic mass is 16.7. The summed E-state index contributed by atoms with van der Waals surface area (Å²) >= 11 is 0. The molecule has 0 spiro atoms. The van der Waals surface area contributed by atoms with Gasteiger partial charge in [-0.15, -0.1) is 0 Å². The molecule has 4 aromatic rings. The van der Waals surface area contributed by atoms with Crippen LogP contribution in [0, 0.1) is 0 Å². The van der Waals surface area contributed by atoms with Crippen LogP contribution in [0.15, 0.2) is 103 Å². The van der Waals surface area contributed by atoms with Crippen molar-refractivity contribution in [1.29, 1.82) is 0 Å². The summed E-state index contributed by atoms with van der Waals surface area (Å²) in [6.07, 6.45) is 7.93. The average molecular weight is 913 g/mol. The molecule has 1 heterocycles. The van der Waals surface area contributed by atoms with Gasteiger partial charge in [-0.1, -0.05) is 119 Å². The van der Waals surface area contributed by atoms with Crippen molar-refractivity contribution in [2.24, 2.45) is 0 Å². The van der Waals surface area contributed by atoms with Gasteiger partial charge in [-0.2, -0.15) is 0 Å². The Morgan fingerprint density at radius 2 is 1.06 bits per heavy atom. The fraction of sp³-hybridized carbons (Fsp3) is 0.519. The van der Waals surface area contributed by atoms with Gasteiger partial charge in [0.2, 0.25) is 0 Å². The van der Waals surface area contributed by atoms with E-state index in [9.17, 15) is 9.59 Å². The summed E-state index contributed by atoms with van der Waals surface area (Å²) in [5.74, 6) is 1.55. The lowest BCUT2D eigenvalue weighted by Gasteiger charge is -2.46. The van der Waals surface area contributed by atoms with E-state index in [4.69, 9.17) is 47.4 Å². The van der Waals surface area contributed by atoms with Crippen LogP contribution in [-0.2, 0) is 57.8 Å². The van der Waals surface area contributed by atoms with Gasteiger partial charge in [0.15, 0.2) is 12.4 Å². The van der Waals surface area contributed by atoms with Crippen LogP contribution < -0.4 is 14.2 Å². The van der Waals surface area contributed by atoms with E-state index in [0.29, 0.717) is 18.6 Å². The van der Waals surface area contributed by atoms with Crippen LogP contribution in [-0.4, -0.2) is 83.8 Å². The molecule has 0 amide bonds. The highest BCUT2D eigenvalue weighted by Gasteiger charge is 2.51. The first-order valence-corrected chi connectivity index (χ1v) is 23.7. The van der Waals surface area contributed by atoms with Crippen LogP contribution in [0.25, 0.3) is 0 Å². The quantitative estimate of drug-likeness (QED) is 0.0352. The summed E-state index contributed by atoms with van der Waals surface area (Å²) in [4.78, 5) is 25.6. The van der Waals surface area contributed by atoms with Crippen LogP contribution in [0.2, 0.25) is 0 Å². The molecule has 0 saturated carbocycles. The van der Waals surface area contributed by atoms with E-state index >= 15 is 0 Å². The van der Waals surface area contributed by atoms with Crippen molar-refractivity contribution in [3.8, 4) is 17.2 Å². The first-order valence-electron chi connectivity index (χ1n) is 23.7. The Labute approximate surface area is 392 Å². The zero-order chi connectivity index (χ0) is 46.8. The molecule has 5 rings (SSSR count). The molecule has 0 aromatic heterocycles. The Kier molecular flexibility index (Phi) is 23.3. The molecular formula is C54H72O12. The topological polar surface area (TPSA) is 126 Å². The fourth-order valence-corrected chi connectivity index (χ4v) is 7.97. The lowest BCUT2D eigenvalue weighted by molar-refractivity contribution is -0.327. The van der Waals surface area contributed by atoms with Crippen LogP contribution >= 0.6 is 0 Å². The summed E-state index contributed by atoms with van der Waals surface area (Å²) in [5.41, 5.74) is 3.18. The van der Waals surface area contributed by atoms with Gasteiger partial charge in [0, 0.05) is 6.42 Å². The number of rotatable bonds is 31. The molecule has 0 aliphatic carbocycles. The number of ether oxygens (including phenoxy) is 10. The van der Waals surface area contributed by atoms with E-state index in [1.165, 1.54) is 7.11 Å². The Bertz CT molecular complexity index is 1920. The van der Waals surface area contributed by atoms with Crippen LogP contribution in [0.4, 0.5) is 0 Å². The van der Waals surface area contributed by atoms with Crippen molar-refractivity contribution >= 4 is 11.9 Å². The first kappa shape index (κ1) is 52.0. The van der Waals surface area contributed by atoms with Crippen molar-refractivity contribution in [3.63, 3.8) is 0 Å². The second-order valence-electron chi connectivity index (χ2n) is 16.7. The van der Waals surface area contributed by atoms with E-state index in [2.05, 4.69) is 6.92 Å². The van der Waals surface area contributed by atoms with Gasteiger partial charge in [-0.25, -0.2) is 4.79 Å². The van der Waals surface area contributed by atoms with E-state index in [0.717, 1.165) is 111 Å². The first-order chi connectivity index (χ1) is 32.3. The molecule has 0 radical (unpaired) electrons. The predicted octanol–water partition coefficient (Wildman–Crippen LogP) is 11.0. The van der Waals surface area contributed by atoms with Crippen molar-refractivity contribution in [2.45, 2.75) is 147 Å².